The van der Waals surface area contributed by atoms with E-state index in [9.17, 15) is 4.79 Å². The van der Waals surface area contributed by atoms with Gasteiger partial charge in [-0.25, -0.2) is 5.10 Å². The predicted octanol–water partition coefficient (Wildman–Crippen LogP) is 4.21. The summed E-state index contributed by atoms with van der Waals surface area (Å²) in [7, 11) is 4.05. The molecule has 0 aliphatic heterocycles. The second-order valence-electron chi connectivity index (χ2n) is 7.14. The van der Waals surface area contributed by atoms with Gasteiger partial charge in [-0.3, -0.25) is 4.79 Å². The molecule has 2 heterocycles. The first kappa shape index (κ1) is 19.1. The van der Waals surface area contributed by atoms with E-state index in [1.54, 1.807) is 0 Å². The minimum atomic E-state index is -0.407. The highest BCUT2D eigenvalue weighted by Crippen LogP contribution is 2.32. The molecule has 148 valence electrons. The van der Waals surface area contributed by atoms with E-state index in [0.717, 1.165) is 11.2 Å². The van der Waals surface area contributed by atoms with Crippen LogP contribution in [0.25, 0.3) is 10.9 Å². The van der Waals surface area contributed by atoms with Crippen LogP contribution in [0.2, 0.25) is 5.02 Å². The Balaban J connectivity index is 1.72. The van der Waals surface area contributed by atoms with Gasteiger partial charge in [0.05, 0.1) is 11.9 Å². The zero-order valence-electron chi connectivity index (χ0n) is 16.2. The Kier molecular flexibility index (Phi) is 5.27. The number of nitrogens with one attached hydrogen (secondary N) is 3. The van der Waals surface area contributed by atoms with Crippen molar-refractivity contribution in [3.05, 3.63) is 87.4 Å². The molecular formula is C22H22ClN5O. The van der Waals surface area contributed by atoms with E-state index in [-0.39, 0.29) is 10.9 Å². The van der Waals surface area contributed by atoms with Crippen molar-refractivity contribution in [1.82, 2.24) is 15.2 Å². The first-order chi connectivity index (χ1) is 14.0. The molecule has 0 aliphatic rings. The van der Waals surface area contributed by atoms with Crippen LogP contribution in [0.4, 0.5) is 11.4 Å². The molecule has 7 heteroatoms. The minimum Gasteiger partial charge on any atom is -0.381 e. The topological polar surface area (TPSA) is 76.8 Å². The lowest BCUT2D eigenvalue weighted by atomic mass is 9.90. The fourth-order valence-corrected chi connectivity index (χ4v) is 3.67. The molecule has 0 unspecified atom stereocenters. The molecule has 3 N–H and O–H groups in total. The lowest BCUT2D eigenvalue weighted by Crippen LogP contribution is -2.17. The third-order valence-corrected chi connectivity index (χ3v) is 5.48. The highest BCUT2D eigenvalue weighted by molar-refractivity contribution is 6.32. The standard InChI is InChI=1S/C22H22ClN5O/c1-28(2)15-9-7-14(8-10-15)17(11-25-20-13-26-27-22(29)21(20)23)18-12-24-19-6-4-3-5-16(18)19/h3-10,12-13,17,24H,11H2,1-2H3,(H2,25,27,29)/t17-/m0/s1. The van der Waals surface area contributed by atoms with Crippen LogP contribution in [-0.4, -0.2) is 35.8 Å². The third-order valence-electron chi connectivity index (χ3n) is 5.10. The average Bonchev–Trinajstić information content (AvgIpc) is 3.15. The van der Waals surface area contributed by atoms with E-state index in [1.165, 1.54) is 22.7 Å². The second kappa shape index (κ2) is 8.01. The zero-order chi connectivity index (χ0) is 20.4. The molecule has 29 heavy (non-hydrogen) atoms. The van der Waals surface area contributed by atoms with Gasteiger partial charge in [0, 0.05) is 49.3 Å². The highest BCUT2D eigenvalue weighted by Gasteiger charge is 2.19. The first-order valence-electron chi connectivity index (χ1n) is 9.35. The number of fused-ring (bicyclic) bond motifs is 1. The lowest BCUT2D eigenvalue weighted by molar-refractivity contribution is 0.856. The second-order valence-corrected chi connectivity index (χ2v) is 7.51. The van der Waals surface area contributed by atoms with Crippen molar-refractivity contribution in [1.29, 1.82) is 0 Å². The Bertz CT molecular complexity index is 1180. The van der Waals surface area contributed by atoms with E-state index >= 15 is 0 Å². The lowest BCUT2D eigenvalue weighted by Gasteiger charge is -2.20. The summed E-state index contributed by atoms with van der Waals surface area (Å²) in [5.41, 5.74) is 4.69. The molecule has 2 aromatic heterocycles. The molecule has 2 aromatic carbocycles. The summed E-state index contributed by atoms with van der Waals surface area (Å²) < 4.78 is 0. The number of aromatic nitrogens is 3. The number of hydrogen-bond donors (Lipinski definition) is 3. The number of anilines is 2. The van der Waals surface area contributed by atoms with E-state index in [4.69, 9.17) is 11.6 Å². The average molecular weight is 408 g/mol. The Morgan fingerprint density at radius 3 is 2.66 bits per heavy atom. The summed E-state index contributed by atoms with van der Waals surface area (Å²) in [6, 6.07) is 16.7. The van der Waals surface area contributed by atoms with Crippen LogP contribution in [0.5, 0.6) is 0 Å². The molecule has 0 radical (unpaired) electrons. The normalized spacial score (nSPS) is 12.1. The van der Waals surface area contributed by atoms with Gasteiger partial charge in [-0.05, 0) is 29.3 Å². The summed E-state index contributed by atoms with van der Waals surface area (Å²) >= 11 is 6.14. The van der Waals surface area contributed by atoms with Crippen molar-refractivity contribution in [3.63, 3.8) is 0 Å². The molecule has 0 saturated heterocycles. The van der Waals surface area contributed by atoms with Crippen LogP contribution in [0.3, 0.4) is 0 Å². The van der Waals surface area contributed by atoms with Gasteiger partial charge in [-0.1, -0.05) is 41.9 Å². The molecule has 4 aromatic rings. The summed E-state index contributed by atoms with van der Waals surface area (Å²) in [5, 5.41) is 10.8. The van der Waals surface area contributed by atoms with Crippen LogP contribution in [0.15, 0.2) is 65.7 Å². The van der Waals surface area contributed by atoms with Gasteiger partial charge in [0.15, 0.2) is 0 Å². The smallest absolute Gasteiger partial charge is 0.285 e. The monoisotopic (exact) mass is 407 g/mol. The van der Waals surface area contributed by atoms with E-state index < -0.39 is 5.56 Å². The Morgan fingerprint density at radius 1 is 1.14 bits per heavy atom. The number of rotatable bonds is 6. The van der Waals surface area contributed by atoms with Crippen LogP contribution < -0.4 is 15.8 Å². The van der Waals surface area contributed by atoms with Gasteiger partial charge in [0.25, 0.3) is 5.56 Å². The summed E-state index contributed by atoms with van der Waals surface area (Å²) in [6.45, 7) is 0.564. The van der Waals surface area contributed by atoms with Crippen LogP contribution in [-0.2, 0) is 0 Å². The Morgan fingerprint density at radius 2 is 1.90 bits per heavy atom. The molecule has 0 bridgehead atoms. The fourth-order valence-electron chi connectivity index (χ4n) is 3.51. The maximum atomic E-state index is 11.8. The number of halogens is 1. The molecule has 4 rings (SSSR count). The van der Waals surface area contributed by atoms with Crippen molar-refractivity contribution in [3.8, 4) is 0 Å². The van der Waals surface area contributed by atoms with E-state index in [2.05, 4.69) is 68.0 Å². The number of aromatic amines is 2. The number of H-pyrrole nitrogens is 2. The summed E-state index contributed by atoms with van der Waals surface area (Å²) in [5.74, 6) is 0.0534. The Hall–Kier alpha value is -3.25. The molecule has 6 nitrogen and oxygen atoms in total. The largest absolute Gasteiger partial charge is 0.381 e. The van der Waals surface area contributed by atoms with Gasteiger partial charge in [0.2, 0.25) is 0 Å². The molecule has 0 fully saturated rings. The van der Waals surface area contributed by atoms with E-state index in [1.807, 2.05) is 26.2 Å². The van der Waals surface area contributed by atoms with Gasteiger partial charge >= 0.3 is 0 Å². The maximum absolute atomic E-state index is 11.8. The van der Waals surface area contributed by atoms with Gasteiger partial charge in [0.1, 0.15) is 5.02 Å². The molecule has 1 atom stereocenters. The summed E-state index contributed by atoms with van der Waals surface area (Å²) in [6.07, 6.45) is 3.58. The molecule has 0 amide bonds. The number of hydrogen-bond acceptors (Lipinski definition) is 4. The number of nitrogens with zero attached hydrogens (tertiary/aromatic N) is 2. The van der Waals surface area contributed by atoms with Crippen LogP contribution in [0.1, 0.15) is 17.0 Å². The van der Waals surface area contributed by atoms with Crippen molar-refractivity contribution in [2.45, 2.75) is 5.92 Å². The molecular weight excluding hydrogens is 386 g/mol. The molecule has 0 spiro atoms. The number of benzene rings is 2. The van der Waals surface area contributed by atoms with Crippen molar-refractivity contribution in [2.75, 3.05) is 30.9 Å². The highest BCUT2D eigenvalue weighted by atomic mass is 35.5. The first-order valence-corrected chi connectivity index (χ1v) is 9.72. The third kappa shape index (κ3) is 3.84. The van der Waals surface area contributed by atoms with E-state index in [0.29, 0.717) is 12.2 Å². The SMILES string of the molecule is CN(C)c1ccc([C@H](CNc2cn[nH]c(=O)c2Cl)c2c[nH]c3ccccc23)cc1. The molecule has 0 aliphatic carbocycles. The predicted molar refractivity (Wildman–Crippen MR) is 119 cm³/mol. The number of para-hydroxylation sites is 1. The Labute approximate surface area is 173 Å². The van der Waals surface area contributed by atoms with Gasteiger partial charge in [-0.2, -0.15) is 5.10 Å². The van der Waals surface area contributed by atoms with Crippen molar-refractivity contribution >= 4 is 33.9 Å². The van der Waals surface area contributed by atoms with Gasteiger partial charge < -0.3 is 15.2 Å². The van der Waals surface area contributed by atoms with Gasteiger partial charge in [-0.15, -0.1) is 0 Å². The fraction of sp³-hybridized carbons (Fsp3) is 0.182. The van der Waals surface area contributed by atoms with Crippen molar-refractivity contribution in [2.24, 2.45) is 0 Å². The zero-order valence-corrected chi connectivity index (χ0v) is 17.0. The quantitative estimate of drug-likeness (QED) is 0.447. The van der Waals surface area contributed by atoms with Crippen LogP contribution >= 0.6 is 11.6 Å². The maximum Gasteiger partial charge on any atom is 0.285 e. The van der Waals surface area contributed by atoms with Crippen molar-refractivity contribution < 1.29 is 0 Å². The summed E-state index contributed by atoms with van der Waals surface area (Å²) in [4.78, 5) is 17.2. The minimum absolute atomic E-state index is 0.0534. The molecule has 0 saturated carbocycles. The van der Waals surface area contributed by atoms with Crippen LogP contribution in [0, 0.1) is 0 Å².